The quantitative estimate of drug-likeness (QED) is 0.187. The van der Waals surface area contributed by atoms with E-state index in [-0.39, 0.29) is 30.4 Å². The molecule has 1 fully saturated rings. The van der Waals surface area contributed by atoms with Gasteiger partial charge in [0.15, 0.2) is 11.4 Å². The zero-order valence-electron chi connectivity index (χ0n) is 23.9. The third-order valence-electron chi connectivity index (χ3n) is 7.26. The second kappa shape index (κ2) is 14.7. The number of carbonyl (C=O) groups is 2. The Labute approximate surface area is 264 Å². The summed E-state index contributed by atoms with van der Waals surface area (Å²) >= 11 is 12.4. The Morgan fingerprint density at radius 2 is 1.70 bits per heavy atom. The average Bonchev–Trinajstić information content (AvgIpc) is 3.37. The van der Waals surface area contributed by atoms with Crippen LogP contribution in [-0.4, -0.2) is 45.9 Å². The van der Waals surface area contributed by atoms with Gasteiger partial charge in [-0.25, -0.2) is 14.6 Å². The van der Waals surface area contributed by atoms with E-state index in [2.05, 4.69) is 15.6 Å². The van der Waals surface area contributed by atoms with Gasteiger partial charge in [-0.3, -0.25) is 0 Å². The van der Waals surface area contributed by atoms with E-state index in [1.54, 1.807) is 35.2 Å². The highest BCUT2D eigenvalue weighted by Crippen LogP contribution is 2.39. The fourth-order valence-electron chi connectivity index (χ4n) is 4.96. The molecule has 3 N–H and O–H groups in total. The van der Waals surface area contributed by atoms with Crippen LogP contribution in [0.3, 0.4) is 0 Å². The number of ether oxygens (including phenoxy) is 3. The van der Waals surface area contributed by atoms with E-state index in [9.17, 15) is 14.7 Å². The number of anilines is 1. The monoisotopic (exact) mass is 638 g/mol. The molecule has 0 aliphatic carbocycles. The zero-order chi connectivity index (χ0) is 31.1. The normalized spacial score (nSPS) is 18.8. The van der Waals surface area contributed by atoms with E-state index in [1.165, 1.54) is 7.11 Å². The van der Waals surface area contributed by atoms with Gasteiger partial charge in [0.2, 0.25) is 0 Å². The maximum absolute atomic E-state index is 12.8. The molecule has 0 spiro atoms. The molecule has 10 nitrogen and oxygen atoms in total. The first-order valence-electron chi connectivity index (χ1n) is 14.0. The van der Waals surface area contributed by atoms with Gasteiger partial charge in [-0.05, 0) is 28.8 Å². The summed E-state index contributed by atoms with van der Waals surface area (Å²) in [5.41, 5.74) is 3.89. The number of aliphatic hydroxyl groups excluding tert-OH is 1. The molecular weight excluding hydrogens is 607 g/mol. The van der Waals surface area contributed by atoms with Crippen molar-refractivity contribution in [2.24, 2.45) is 0 Å². The summed E-state index contributed by atoms with van der Waals surface area (Å²) < 4.78 is 19.3. The van der Waals surface area contributed by atoms with Crippen LogP contribution in [-0.2, 0) is 38.6 Å². The molecule has 2 heterocycles. The van der Waals surface area contributed by atoms with Crippen molar-refractivity contribution in [3.8, 4) is 0 Å². The highest BCUT2D eigenvalue weighted by Gasteiger charge is 2.33. The zero-order valence-corrected chi connectivity index (χ0v) is 25.4. The molecule has 1 aliphatic heterocycles. The number of benzene rings is 3. The van der Waals surface area contributed by atoms with E-state index in [0.29, 0.717) is 23.8 Å². The van der Waals surface area contributed by atoms with Gasteiger partial charge >= 0.3 is 12.0 Å². The molecule has 0 bridgehead atoms. The number of methoxy groups -OCH3 is 1. The molecule has 4 aromatic rings. The van der Waals surface area contributed by atoms with Crippen LogP contribution < -0.4 is 10.6 Å². The second-order valence-electron chi connectivity index (χ2n) is 10.3. The van der Waals surface area contributed by atoms with Crippen LogP contribution in [0.15, 0.2) is 85.2 Å². The van der Waals surface area contributed by atoms with Crippen LogP contribution in [0.25, 0.3) is 0 Å². The minimum Gasteiger partial charge on any atom is -0.467 e. The van der Waals surface area contributed by atoms with Crippen molar-refractivity contribution in [2.45, 2.75) is 50.5 Å². The summed E-state index contributed by atoms with van der Waals surface area (Å²) in [5.74, 6) is -0.541. The fourth-order valence-corrected chi connectivity index (χ4v) is 5.27. The largest absolute Gasteiger partial charge is 0.467 e. The van der Waals surface area contributed by atoms with Crippen LogP contribution in [0.1, 0.15) is 41.1 Å². The van der Waals surface area contributed by atoms with Crippen molar-refractivity contribution < 1.29 is 28.9 Å². The summed E-state index contributed by atoms with van der Waals surface area (Å²) in [6, 6.07) is 22.6. The van der Waals surface area contributed by atoms with Gasteiger partial charge in [0.05, 0.1) is 38.8 Å². The first-order chi connectivity index (χ1) is 21.3. The molecule has 3 aromatic carbocycles. The molecule has 1 aliphatic rings. The summed E-state index contributed by atoms with van der Waals surface area (Å²) in [6.45, 7) is 0.364. The lowest BCUT2D eigenvalue weighted by molar-refractivity contribution is -0.252. The molecule has 230 valence electrons. The first-order valence-corrected chi connectivity index (χ1v) is 14.7. The summed E-state index contributed by atoms with van der Waals surface area (Å²) in [5, 5.41) is 15.5. The topological polar surface area (TPSA) is 124 Å². The van der Waals surface area contributed by atoms with E-state index in [4.69, 9.17) is 37.4 Å². The first kappa shape index (κ1) is 31.5. The minimum absolute atomic E-state index is 0.0468. The maximum atomic E-state index is 12.8. The van der Waals surface area contributed by atoms with Crippen LogP contribution in [0, 0.1) is 0 Å². The van der Waals surface area contributed by atoms with Crippen molar-refractivity contribution in [1.82, 2.24) is 14.9 Å². The van der Waals surface area contributed by atoms with Crippen LogP contribution in [0.4, 0.5) is 10.5 Å². The lowest BCUT2D eigenvalue weighted by Gasteiger charge is -2.36. The number of hydrogen-bond donors (Lipinski definition) is 3. The second-order valence-corrected chi connectivity index (χ2v) is 11.0. The molecule has 0 unspecified atom stereocenters. The van der Waals surface area contributed by atoms with Crippen molar-refractivity contribution in [3.05, 3.63) is 118 Å². The van der Waals surface area contributed by atoms with E-state index in [1.807, 2.05) is 54.6 Å². The molecule has 0 saturated carbocycles. The molecule has 5 rings (SSSR count). The van der Waals surface area contributed by atoms with Crippen LogP contribution in [0.2, 0.25) is 10.3 Å². The molecule has 0 radical (unpaired) electrons. The maximum Gasteiger partial charge on any atom is 0.328 e. The fraction of sp³-hybridized carbons (Fsp3) is 0.281. The Bertz CT molecular complexity index is 1550. The third-order valence-corrected chi connectivity index (χ3v) is 8.03. The number of amides is 2. The number of aliphatic hydroxyl groups is 1. The number of hydrogen-bond acceptors (Lipinski definition) is 7. The van der Waals surface area contributed by atoms with E-state index >= 15 is 0 Å². The summed E-state index contributed by atoms with van der Waals surface area (Å²) in [6.07, 6.45) is 1.10. The van der Waals surface area contributed by atoms with Crippen LogP contribution in [0.5, 0.6) is 0 Å². The van der Waals surface area contributed by atoms with Gasteiger partial charge in [0.1, 0.15) is 11.2 Å². The summed E-state index contributed by atoms with van der Waals surface area (Å²) in [7, 11) is 1.28. The van der Waals surface area contributed by atoms with E-state index < -0.39 is 24.3 Å². The number of esters is 1. The van der Waals surface area contributed by atoms with Gasteiger partial charge < -0.3 is 34.5 Å². The molecule has 1 saturated heterocycles. The van der Waals surface area contributed by atoms with Crippen molar-refractivity contribution in [2.75, 3.05) is 12.4 Å². The molecular formula is C32H32Cl2N4O6. The van der Waals surface area contributed by atoms with Gasteiger partial charge in [-0.15, -0.1) is 0 Å². The predicted octanol–water partition coefficient (Wildman–Crippen LogP) is 5.83. The molecule has 1 aromatic heterocycles. The number of aromatic nitrogens is 2. The minimum atomic E-state index is -0.857. The molecule has 12 heteroatoms. The van der Waals surface area contributed by atoms with E-state index in [0.717, 1.165) is 22.3 Å². The lowest BCUT2D eigenvalue weighted by Crippen LogP contribution is -2.45. The van der Waals surface area contributed by atoms with Crippen molar-refractivity contribution in [3.63, 3.8) is 0 Å². The number of nitrogens with one attached hydrogen (secondary N) is 2. The number of rotatable bonds is 10. The Balaban J connectivity index is 1.28. The number of halogens is 2. The SMILES string of the molecule is COC(=O)[C@H](Cc1ccccc1)NC(=O)Nc1ccc([C@H]2O[C@@H](Cn3cnc(Cl)c3Cl)C[C@@H](c3ccc(CO)cc3)O2)cc1. The summed E-state index contributed by atoms with van der Waals surface area (Å²) in [4.78, 5) is 29.2. The smallest absolute Gasteiger partial charge is 0.328 e. The van der Waals surface area contributed by atoms with Gasteiger partial charge in [0, 0.05) is 24.1 Å². The van der Waals surface area contributed by atoms with Crippen molar-refractivity contribution >= 4 is 40.9 Å². The Morgan fingerprint density at radius 3 is 2.34 bits per heavy atom. The van der Waals surface area contributed by atoms with Gasteiger partial charge in [0.25, 0.3) is 0 Å². The number of nitrogens with zero attached hydrogens (tertiary/aromatic N) is 2. The van der Waals surface area contributed by atoms with Crippen molar-refractivity contribution in [1.29, 1.82) is 0 Å². The Hall–Kier alpha value is -3.93. The number of carbonyl (C=O) groups excluding carboxylic acids is 2. The Morgan fingerprint density at radius 1 is 1.00 bits per heavy atom. The average molecular weight is 640 g/mol. The molecule has 44 heavy (non-hydrogen) atoms. The van der Waals surface area contributed by atoms with Gasteiger partial charge in [-0.1, -0.05) is 89.9 Å². The predicted molar refractivity (Wildman–Crippen MR) is 165 cm³/mol. The van der Waals surface area contributed by atoms with Gasteiger partial charge in [-0.2, -0.15) is 0 Å². The Kier molecular flexibility index (Phi) is 10.5. The highest BCUT2D eigenvalue weighted by atomic mass is 35.5. The third kappa shape index (κ3) is 7.96. The molecule has 2 amide bonds. The number of urea groups is 1. The molecule has 4 atom stereocenters. The lowest BCUT2D eigenvalue weighted by atomic mass is 10.00. The highest BCUT2D eigenvalue weighted by molar-refractivity contribution is 6.40. The standard InChI is InChI=1S/C32H32Cl2N4O6/c1-42-30(40)26(15-20-5-3-2-4-6-20)37-32(41)36-24-13-11-23(12-14-24)31-43-25(17-38-19-35-28(33)29(38)34)16-27(44-31)22-9-7-21(18-39)8-10-22/h2-14,19,25-27,31,39H,15-18H2,1H3,(H2,36,37,41)/t25-,26+,27+,31+/m1/s1. The van der Waals surface area contributed by atoms with Crippen LogP contribution >= 0.6 is 23.2 Å². The number of imidazole rings is 1.